The Morgan fingerprint density at radius 1 is 1.26 bits per heavy atom. The van der Waals surface area contributed by atoms with Gasteiger partial charge in [0, 0.05) is 17.8 Å². The van der Waals surface area contributed by atoms with Crippen LogP contribution in [0.3, 0.4) is 0 Å². The highest BCUT2D eigenvalue weighted by atomic mass is 16.5. The van der Waals surface area contributed by atoms with Gasteiger partial charge in [-0.3, -0.25) is 9.59 Å². The molecule has 1 heterocycles. The van der Waals surface area contributed by atoms with Gasteiger partial charge in [0.2, 0.25) is 11.8 Å². The molecule has 0 radical (unpaired) electrons. The smallest absolute Gasteiger partial charge is 0.247 e. The first-order valence-electron chi connectivity index (χ1n) is 8.70. The number of carbonyl (C=O) groups excluding carboxylic acids is 2. The van der Waals surface area contributed by atoms with Crippen LogP contribution in [0, 0.1) is 0 Å². The average Bonchev–Trinajstić information content (AvgIpc) is 2.91. The second kappa shape index (κ2) is 8.40. The second-order valence-corrected chi connectivity index (χ2v) is 6.14. The van der Waals surface area contributed by atoms with Crippen molar-refractivity contribution in [3.05, 3.63) is 66.2 Å². The fraction of sp³-hybridized carbons (Fsp3) is 0.238. The number of para-hydroxylation sites is 2. The molecular formula is C21H22N2O4. The molecule has 0 aromatic heterocycles. The van der Waals surface area contributed by atoms with Crippen LogP contribution in [-0.4, -0.2) is 37.0 Å². The van der Waals surface area contributed by atoms with Gasteiger partial charge in [-0.2, -0.15) is 0 Å². The molecule has 6 nitrogen and oxygen atoms in total. The summed E-state index contributed by atoms with van der Waals surface area (Å²) in [6.07, 6.45) is 1.39. The molecule has 0 bridgehead atoms. The van der Waals surface area contributed by atoms with Gasteiger partial charge in [0.1, 0.15) is 6.61 Å². The summed E-state index contributed by atoms with van der Waals surface area (Å²) < 4.78 is 11.2. The van der Waals surface area contributed by atoms with Gasteiger partial charge in [-0.15, -0.1) is 0 Å². The van der Waals surface area contributed by atoms with Crippen molar-refractivity contribution in [3.8, 4) is 11.5 Å². The van der Waals surface area contributed by atoms with Gasteiger partial charge in [-0.05, 0) is 23.8 Å². The molecule has 0 saturated heterocycles. The molecule has 0 fully saturated rings. The van der Waals surface area contributed by atoms with Crippen molar-refractivity contribution in [3.63, 3.8) is 0 Å². The van der Waals surface area contributed by atoms with Gasteiger partial charge >= 0.3 is 0 Å². The van der Waals surface area contributed by atoms with E-state index in [1.54, 1.807) is 18.1 Å². The molecule has 2 amide bonds. The largest absolute Gasteiger partial charge is 0.493 e. The minimum atomic E-state index is -0.306. The standard InChI is InChI=1S/C21H22N2O4/c1-3-19(24)22-17-9-5-4-7-15(17)13-20(25)23-11-12-27-21-16(14-23)8-6-10-18(21)26-2/h3-10H,1,11-14H2,2H3,(H,22,24). The zero-order valence-electron chi connectivity index (χ0n) is 15.2. The number of anilines is 1. The Bertz CT molecular complexity index is 863. The SMILES string of the molecule is C=CC(=O)Nc1ccccc1CC(=O)N1CCOc2c(cccc2OC)C1. The first kappa shape index (κ1) is 18.5. The van der Waals surface area contributed by atoms with Crippen LogP contribution in [0.5, 0.6) is 11.5 Å². The first-order chi connectivity index (χ1) is 13.1. The molecule has 140 valence electrons. The number of nitrogens with one attached hydrogen (secondary N) is 1. The number of nitrogens with zero attached hydrogens (tertiary/aromatic N) is 1. The molecule has 1 aliphatic rings. The lowest BCUT2D eigenvalue weighted by Crippen LogP contribution is -2.33. The maximum absolute atomic E-state index is 12.9. The lowest BCUT2D eigenvalue weighted by molar-refractivity contribution is -0.131. The van der Waals surface area contributed by atoms with Crippen LogP contribution < -0.4 is 14.8 Å². The first-order valence-corrected chi connectivity index (χ1v) is 8.70. The number of ether oxygens (including phenoxy) is 2. The number of benzene rings is 2. The average molecular weight is 366 g/mol. The van der Waals surface area contributed by atoms with E-state index in [4.69, 9.17) is 9.47 Å². The zero-order chi connectivity index (χ0) is 19.2. The maximum Gasteiger partial charge on any atom is 0.247 e. The Morgan fingerprint density at radius 3 is 2.85 bits per heavy atom. The van der Waals surface area contributed by atoms with Crippen molar-refractivity contribution >= 4 is 17.5 Å². The van der Waals surface area contributed by atoms with Crippen LogP contribution in [0.25, 0.3) is 0 Å². The van der Waals surface area contributed by atoms with Crippen LogP contribution in [0.2, 0.25) is 0 Å². The lowest BCUT2D eigenvalue weighted by Gasteiger charge is -2.21. The highest BCUT2D eigenvalue weighted by Gasteiger charge is 2.22. The predicted molar refractivity (Wildman–Crippen MR) is 103 cm³/mol. The van der Waals surface area contributed by atoms with E-state index in [0.29, 0.717) is 36.9 Å². The molecule has 27 heavy (non-hydrogen) atoms. The lowest BCUT2D eigenvalue weighted by atomic mass is 10.1. The van der Waals surface area contributed by atoms with Gasteiger partial charge in [-0.25, -0.2) is 0 Å². The van der Waals surface area contributed by atoms with Crippen molar-refractivity contribution in [1.82, 2.24) is 4.90 Å². The Balaban J connectivity index is 1.77. The summed E-state index contributed by atoms with van der Waals surface area (Å²) in [5, 5.41) is 2.74. The van der Waals surface area contributed by atoms with E-state index in [-0.39, 0.29) is 18.2 Å². The van der Waals surface area contributed by atoms with E-state index in [1.165, 1.54) is 6.08 Å². The fourth-order valence-corrected chi connectivity index (χ4v) is 3.02. The van der Waals surface area contributed by atoms with Crippen LogP contribution in [-0.2, 0) is 22.6 Å². The number of hydrogen-bond acceptors (Lipinski definition) is 4. The van der Waals surface area contributed by atoms with Gasteiger partial charge in [0.05, 0.1) is 20.1 Å². The number of rotatable bonds is 5. The third kappa shape index (κ3) is 4.28. The van der Waals surface area contributed by atoms with E-state index in [2.05, 4.69) is 11.9 Å². The summed E-state index contributed by atoms with van der Waals surface area (Å²) in [6.45, 7) is 4.79. The minimum absolute atomic E-state index is 0.0328. The predicted octanol–water partition coefficient (Wildman–Crippen LogP) is 2.78. The summed E-state index contributed by atoms with van der Waals surface area (Å²) >= 11 is 0. The number of carbonyl (C=O) groups is 2. The van der Waals surface area contributed by atoms with Gasteiger partial charge in [-0.1, -0.05) is 36.9 Å². The molecule has 3 rings (SSSR count). The summed E-state index contributed by atoms with van der Waals surface area (Å²) in [4.78, 5) is 26.3. The highest BCUT2D eigenvalue weighted by Crippen LogP contribution is 2.33. The van der Waals surface area contributed by atoms with E-state index >= 15 is 0 Å². The van der Waals surface area contributed by atoms with E-state index in [0.717, 1.165) is 11.1 Å². The molecule has 0 aliphatic carbocycles. The molecule has 2 aromatic carbocycles. The molecule has 1 aliphatic heterocycles. The Hall–Kier alpha value is -3.28. The summed E-state index contributed by atoms with van der Waals surface area (Å²) in [5.74, 6) is 1.02. The highest BCUT2D eigenvalue weighted by molar-refractivity contribution is 5.99. The van der Waals surface area contributed by atoms with Crippen LogP contribution in [0.4, 0.5) is 5.69 Å². The monoisotopic (exact) mass is 366 g/mol. The van der Waals surface area contributed by atoms with E-state index in [9.17, 15) is 9.59 Å². The van der Waals surface area contributed by atoms with Crippen molar-refractivity contribution in [2.75, 3.05) is 25.6 Å². The second-order valence-electron chi connectivity index (χ2n) is 6.14. The zero-order valence-corrected chi connectivity index (χ0v) is 15.2. The van der Waals surface area contributed by atoms with Gasteiger partial charge in [0.25, 0.3) is 0 Å². The molecule has 0 spiro atoms. The Labute approximate surface area is 158 Å². The summed E-state index contributed by atoms with van der Waals surface area (Å²) in [6, 6.07) is 12.9. The quantitative estimate of drug-likeness (QED) is 0.827. The molecule has 6 heteroatoms. The third-order valence-corrected chi connectivity index (χ3v) is 4.40. The van der Waals surface area contributed by atoms with E-state index in [1.807, 2.05) is 36.4 Å². The van der Waals surface area contributed by atoms with Crippen LogP contribution in [0.1, 0.15) is 11.1 Å². The molecular weight excluding hydrogens is 344 g/mol. The normalized spacial score (nSPS) is 13.0. The summed E-state index contributed by atoms with van der Waals surface area (Å²) in [7, 11) is 1.60. The number of fused-ring (bicyclic) bond motifs is 1. The number of hydrogen-bond donors (Lipinski definition) is 1. The van der Waals surface area contributed by atoms with Crippen molar-refractivity contribution in [2.45, 2.75) is 13.0 Å². The molecule has 0 saturated carbocycles. The fourth-order valence-electron chi connectivity index (χ4n) is 3.02. The molecule has 0 atom stereocenters. The van der Waals surface area contributed by atoms with Gasteiger partial charge < -0.3 is 19.7 Å². The van der Waals surface area contributed by atoms with Crippen molar-refractivity contribution in [1.29, 1.82) is 0 Å². The number of amides is 2. The minimum Gasteiger partial charge on any atom is -0.493 e. The Kier molecular flexibility index (Phi) is 5.76. The molecule has 1 N–H and O–H groups in total. The van der Waals surface area contributed by atoms with Crippen LogP contribution in [0.15, 0.2) is 55.1 Å². The van der Waals surface area contributed by atoms with E-state index < -0.39 is 0 Å². The third-order valence-electron chi connectivity index (χ3n) is 4.40. The maximum atomic E-state index is 12.9. The molecule has 0 unspecified atom stereocenters. The van der Waals surface area contributed by atoms with Crippen molar-refractivity contribution in [2.24, 2.45) is 0 Å². The summed E-state index contributed by atoms with van der Waals surface area (Å²) in [5.41, 5.74) is 2.28. The topological polar surface area (TPSA) is 67.9 Å². The Morgan fingerprint density at radius 2 is 2.07 bits per heavy atom. The van der Waals surface area contributed by atoms with Gasteiger partial charge in [0.15, 0.2) is 11.5 Å². The van der Waals surface area contributed by atoms with Crippen LogP contribution >= 0.6 is 0 Å². The van der Waals surface area contributed by atoms with Crippen molar-refractivity contribution < 1.29 is 19.1 Å². The number of methoxy groups -OCH3 is 1. The molecule has 2 aromatic rings.